The van der Waals surface area contributed by atoms with E-state index in [0.29, 0.717) is 0 Å². The molecule has 154 valence electrons. The van der Waals surface area contributed by atoms with Crippen LogP contribution in [0.5, 0.6) is 0 Å². The van der Waals surface area contributed by atoms with E-state index < -0.39 is 5.41 Å². The maximum Gasteiger partial charge on any atom is 0.241 e. The van der Waals surface area contributed by atoms with Crippen molar-refractivity contribution in [1.29, 1.82) is 0 Å². The summed E-state index contributed by atoms with van der Waals surface area (Å²) >= 11 is 0. The van der Waals surface area contributed by atoms with Crippen LogP contribution in [0.2, 0.25) is 0 Å². The standard InChI is InChI=1S/C23H26N6O/c1-4-28-12-14(11-25-28)29-19-8-16-15-7-5-6-13-10-24-27-20(13)21(15)26-18(16)9-17(19)23(2,3)22(29)30/h8,10-12,18,26H,4-7,9H2,1-3H3,(H,24,27). The quantitative estimate of drug-likeness (QED) is 0.808. The van der Waals surface area contributed by atoms with E-state index in [2.05, 4.69) is 33.6 Å². The number of fused-ring (bicyclic) bond motifs is 4. The first-order valence-electron chi connectivity index (χ1n) is 10.8. The molecule has 2 aliphatic carbocycles. The monoisotopic (exact) mass is 402 g/mol. The molecule has 6 rings (SSSR count). The Bertz CT molecular complexity index is 1170. The van der Waals surface area contributed by atoms with Crippen LogP contribution in [-0.4, -0.2) is 31.9 Å². The smallest absolute Gasteiger partial charge is 0.241 e. The number of aryl methyl sites for hydroxylation is 2. The predicted octanol–water partition coefficient (Wildman–Crippen LogP) is 3.30. The van der Waals surface area contributed by atoms with E-state index in [1.807, 2.05) is 35.8 Å². The fourth-order valence-electron chi connectivity index (χ4n) is 5.44. The van der Waals surface area contributed by atoms with Crippen molar-refractivity contribution in [3.05, 3.63) is 58.3 Å². The number of hydrogen-bond donors (Lipinski definition) is 2. The van der Waals surface area contributed by atoms with Crippen LogP contribution in [0.3, 0.4) is 0 Å². The van der Waals surface area contributed by atoms with Gasteiger partial charge in [-0.15, -0.1) is 0 Å². The molecule has 30 heavy (non-hydrogen) atoms. The summed E-state index contributed by atoms with van der Waals surface area (Å²) in [5, 5.41) is 15.7. The van der Waals surface area contributed by atoms with Gasteiger partial charge in [0, 0.05) is 18.4 Å². The average molecular weight is 403 g/mol. The van der Waals surface area contributed by atoms with Crippen molar-refractivity contribution in [1.82, 2.24) is 25.3 Å². The first kappa shape index (κ1) is 17.7. The number of H-pyrrole nitrogens is 1. The van der Waals surface area contributed by atoms with Crippen LogP contribution in [-0.2, 0) is 17.8 Å². The zero-order valence-corrected chi connectivity index (χ0v) is 17.6. The van der Waals surface area contributed by atoms with Crippen LogP contribution in [0, 0.1) is 5.41 Å². The fraction of sp³-hybridized carbons (Fsp3) is 0.435. The Morgan fingerprint density at radius 1 is 1.27 bits per heavy atom. The van der Waals surface area contributed by atoms with Crippen LogP contribution in [0.1, 0.15) is 51.3 Å². The van der Waals surface area contributed by atoms with Crippen LogP contribution in [0.4, 0.5) is 5.69 Å². The van der Waals surface area contributed by atoms with E-state index >= 15 is 0 Å². The summed E-state index contributed by atoms with van der Waals surface area (Å²) in [6, 6.07) is 0.216. The van der Waals surface area contributed by atoms with Gasteiger partial charge in [-0.1, -0.05) is 0 Å². The minimum absolute atomic E-state index is 0.130. The molecule has 0 spiro atoms. The molecule has 1 amide bonds. The number of allylic oxidation sites excluding steroid dienone is 1. The van der Waals surface area contributed by atoms with Gasteiger partial charge in [0.25, 0.3) is 0 Å². The van der Waals surface area contributed by atoms with Crippen LogP contribution in [0.25, 0.3) is 5.70 Å². The Hall–Kier alpha value is -3.09. The zero-order chi connectivity index (χ0) is 20.6. The third kappa shape index (κ3) is 2.23. The maximum atomic E-state index is 13.5. The lowest BCUT2D eigenvalue weighted by molar-refractivity contribution is -0.123. The van der Waals surface area contributed by atoms with Gasteiger partial charge in [0.05, 0.1) is 40.9 Å². The highest BCUT2D eigenvalue weighted by Gasteiger charge is 2.50. The number of carbonyl (C=O) groups is 1. The third-order valence-electron chi connectivity index (χ3n) is 7.13. The third-order valence-corrected chi connectivity index (χ3v) is 7.13. The van der Waals surface area contributed by atoms with Crippen LogP contribution in [0.15, 0.2) is 47.1 Å². The number of amides is 1. The van der Waals surface area contributed by atoms with Gasteiger partial charge >= 0.3 is 0 Å². The number of carbonyl (C=O) groups excluding carboxylic acids is 1. The molecule has 7 nitrogen and oxygen atoms in total. The summed E-state index contributed by atoms with van der Waals surface area (Å²) in [7, 11) is 0. The van der Waals surface area contributed by atoms with Gasteiger partial charge in [0.1, 0.15) is 0 Å². The molecule has 0 aromatic carbocycles. The Labute approximate surface area is 175 Å². The molecule has 2 aromatic rings. The lowest BCUT2D eigenvalue weighted by atomic mass is 9.77. The molecule has 1 unspecified atom stereocenters. The summed E-state index contributed by atoms with van der Waals surface area (Å²) in [4.78, 5) is 15.3. The van der Waals surface area contributed by atoms with Crippen molar-refractivity contribution < 1.29 is 4.79 Å². The molecular formula is C23H26N6O. The SMILES string of the molecule is CCn1cc(N2C(=O)C(C)(C)C3=C2C=C2C4=C(NC2C3)c2[nH]ncc2CCC4)cn1. The molecule has 2 N–H and O–H groups in total. The van der Waals surface area contributed by atoms with Gasteiger partial charge in [-0.25, -0.2) is 0 Å². The predicted molar refractivity (Wildman–Crippen MR) is 114 cm³/mol. The number of hydrogen-bond acceptors (Lipinski definition) is 4. The molecular weight excluding hydrogens is 376 g/mol. The van der Waals surface area contributed by atoms with Crippen molar-refractivity contribution in [2.24, 2.45) is 5.41 Å². The van der Waals surface area contributed by atoms with E-state index in [-0.39, 0.29) is 11.9 Å². The number of aromatic nitrogens is 4. The van der Waals surface area contributed by atoms with E-state index in [4.69, 9.17) is 0 Å². The molecule has 0 fully saturated rings. The molecule has 2 aromatic heterocycles. The van der Waals surface area contributed by atoms with Gasteiger partial charge in [0.2, 0.25) is 5.91 Å². The largest absolute Gasteiger partial charge is 0.376 e. The van der Waals surface area contributed by atoms with Crippen molar-refractivity contribution >= 4 is 17.3 Å². The Kier molecular flexibility index (Phi) is 3.53. The van der Waals surface area contributed by atoms with Crippen molar-refractivity contribution in [3.63, 3.8) is 0 Å². The number of rotatable bonds is 2. The summed E-state index contributed by atoms with van der Waals surface area (Å²) in [6.45, 7) is 6.94. The van der Waals surface area contributed by atoms with E-state index in [1.165, 1.54) is 28.0 Å². The molecule has 0 bridgehead atoms. The second kappa shape index (κ2) is 5.97. The molecule has 4 aliphatic rings. The molecule has 4 heterocycles. The van der Waals surface area contributed by atoms with E-state index in [9.17, 15) is 4.79 Å². The molecule has 1 atom stereocenters. The van der Waals surface area contributed by atoms with E-state index in [0.717, 1.165) is 49.3 Å². The second-order valence-electron chi connectivity index (χ2n) is 9.16. The van der Waals surface area contributed by atoms with Gasteiger partial charge in [-0.2, -0.15) is 10.2 Å². The van der Waals surface area contributed by atoms with Crippen molar-refractivity contribution in [2.45, 2.75) is 59.0 Å². The summed E-state index contributed by atoms with van der Waals surface area (Å²) in [5.74, 6) is 0.130. The normalized spacial score (nSPS) is 24.2. The number of anilines is 1. The van der Waals surface area contributed by atoms with Crippen molar-refractivity contribution in [3.8, 4) is 0 Å². The number of aromatic amines is 1. The maximum absolute atomic E-state index is 13.5. The average Bonchev–Trinajstić information content (AvgIpc) is 3.47. The first-order chi connectivity index (χ1) is 14.5. The van der Waals surface area contributed by atoms with Crippen molar-refractivity contribution in [2.75, 3.05) is 4.90 Å². The lowest BCUT2D eigenvalue weighted by Gasteiger charge is -2.27. The topological polar surface area (TPSA) is 78.8 Å². The second-order valence-corrected chi connectivity index (χ2v) is 9.16. The van der Waals surface area contributed by atoms with Gasteiger partial charge < -0.3 is 5.32 Å². The first-order valence-corrected chi connectivity index (χ1v) is 10.8. The Morgan fingerprint density at radius 3 is 2.93 bits per heavy atom. The Balaban J connectivity index is 1.48. The van der Waals surface area contributed by atoms with Gasteiger partial charge in [-0.05, 0) is 74.8 Å². The lowest BCUT2D eigenvalue weighted by Crippen LogP contribution is -2.33. The number of nitrogens with zero attached hydrogens (tertiary/aromatic N) is 4. The van der Waals surface area contributed by atoms with Crippen LogP contribution >= 0.6 is 0 Å². The summed E-state index contributed by atoms with van der Waals surface area (Å²) in [5.41, 5.74) is 8.90. The van der Waals surface area contributed by atoms with Gasteiger partial charge in [-0.3, -0.25) is 19.5 Å². The molecule has 2 aliphatic heterocycles. The van der Waals surface area contributed by atoms with Gasteiger partial charge in [0.15, 0.2) is 0 Å². The highest BCUT2D eigenvalue weighted by atomic mass is 16.2. The summed E-state index contributed by atoms with van der Waals surface area (Å²) < 4.78 is 1.87. The zero-order valence-electron chi connectivity index (χ0n) is 17.6. The number of nitrogens with one attached hydrogen (secondary N) is 2. The molecule has 7 heteroatoms. The summed E-state index contributed by atoms with van der Waals surface area (Å²) in [6.07, 6.45) is 12.0. The highest BCUT2D eigenvalue weighted by molar-refractivity contribution is 6.06. The van der Waals surface area contributed by atoms with E-state index in [1.54, 1.807) is 6.20 Å². The Morgan fingerprint density at radius 2 is 2.13 bits per heavy atom. The molecule has 0 saturated heterocycles. The molecule has 0 radical (unpaired) electrons. The fourth-order valence-corrected chi connectivity index (χ4v) is 5.44. The molecule has 0 saturated carbocycles. The minimum Gasteiger partial charge on any atom is -0.376 e. The highest BCUT2D eigenvalue weighted by Crippen LogP contribution is 2.51. The van der Waals surface area contributed by atoms with Crippen LogP contribution < -0.4 is 10.2 Å². The minimum atomic E-state index is -0.521.